The van der Waals surface area contributed by atoms with Crippen LogP contribution in [-0.2, 0) is 12.7 Å². The van der Waals surface area contributed by atoms with Crippen LogP contribution in [0.5, 0.6) is 11.5 Å². The van der Waals surface area contributed by atoms with Gasteiger partial charge < -0.3 is 25.8 Å². The first-order valence-corrected chi connectivity index (χ1v) is 8.27. The van der Waals surface area contributed by atoms with E-state index in [-0.39, 0.29) is 13.3 Å². The quantitative estimate of drug-likeness (QED) is 0.549. The maximum atomic E-state index is 12.6. The number of rotatable bonds is 5. The third kappa shape index (κ3) is 5.04. The van der Waals surface area contributed by atoms with Gasteiger partial charge in [0, 0.05) is 24.8 Å². The van der Waals surface area contributed by atoms with Gasteiger partial charge in [-0.15, -0.1) is 0 Å². The smallest absolute Gasteiger partial charge is 0.416 e. The zero-order chi connectivity index (χ0) is 19.3. The predicted octanol–water partition coefficient (Wildman–Crippen LogP) is 2.95. The zero-order valence-electron chi connectivity index (χ0n) is 14.3. The highest BCUT2D eigenvalue weighted by Crippen LogP contribution is 2.34. The number of nitrogens with zero attached hydrogens (tertiary/aromatic N) is 1. The Morgan fingerprint density at radius 3 is 2.52 bits per heavy atom. The summed E-state index contributed by atoms with van der Waals surface area (Å²) in [5.41, 5.74) is 6.22. The highest BCUT2D eigenvalue weighted by atomic mass is 19.4. The normalized spacial score (nSPS) is 13.6. The number of nitrogens with two attached hydrogens (primary N) is 1. The van der Waals surface area contributed by atoms with E-state index < -0.39 is 11.7 Å². The molecule has 0 aliphatic carbocycles. The van der Waals surface area contributed by atoms with Crippen molar-refractivity contribution < 1.29 is 22.6 Å². The molecule has 0 unspecified atom stereocenters. The van der Waals surface area contributed by atoms with Gasteiger partial charge >= 0.3 is 6.18 Å². The standard InChI is InChI=1S/C18H19F3N4O2/c19-18(20,21)13-3-1-12(2-4-13)10-24-17(23-8-7-22)25-14-5-6-15-16(9-14)27-11-26-15/h1-6,9H,7-8,10-11,22H2,(H2,23,24,25). The molecule has 3 rings (SSSR count). The Kier molecular flexibility index (Phi) is 5.70. The maximum absolute atomic E-state index is 12.6. The van der Waals surface area contributed by atoms with Crippen molar-refractivity contribution in [1.82, 2.24) is 5.32 Å². The number of alkyl halides is 3. The largest absolute Gasteiger partial charge is 0.454 e. The topological polar surface area (TPSA) is 80.9 Å². The highest BCUT2D eigenvalue weighted by molar-refractivity contribution is 5.94. The number of benzene rings is 2. The first kappa shape index (κ1) is 18.8. The van der Waals surface area contributed by atoms with Crippen molar-refractivity contribution in [2.45, 2.75) is 12.7 Å². The molecule has 27 heavy (non-hydrogen) atoms. The van der Waals surface area contributed by atoms with Crippen LogP contribution in [0.4, 0.5) is 18.9 Å². The Morgan fingerprint density at radius 1 is 1.07 bits per heavy atom. The van der Waals surface area contributed by atoms with Crippen LogP contribution in [-0.4, -0.2) is 25.8 Å². The second-order valence-electron chi connectivity index (χ2n) is 5.77. The molecule has 0 spiro atoms. The van der Waals surface area contributed by atoms with Gasteiger partial charge in [-0.3, -0.25) is 0 Å². The van der Waals surface area contributed by atoms with E-state index >= 15 is 0 Å². The monoisotopic (exact) mass is 380 g/mol. The number of hydrogen-bond donors (Lipinski definition) is 3. The minimum Gasteiger partial charge on any atom is -0.454 e. The first-order chi connectivity index (χ1) is 13.0. The lowest BCUT2D eigenvalue weighted by Gasteiger charge is -2.13. The minimum atomic E-state index is -4.35. The number of halogens is 3. The molecule has 1 heterocycles. The predicted molar refractivity (Wildman–Crippen MR) is 95.8 cm³/mol. The van der Waals surface area contributed by atoms with E-state index in [1.54, 1.807) is 12.1 Å². The summed E-state index contributed by atoms with van der Waals surface area (Å²) in [4.78, 5) is 4.40. The molecule has 9 heteroatoms. The van der Waals surface area contributed by atoms with Crippen LogP contribution in [0.15, 0.2) is 47.5 Å². The molecule has 0 atom stereocenters. The van der Waals surface area contributed by atoms with Crippen LogP contribution in [0.3, 0.4) is 0 Å². The molecular formula is C18H19F3N4O2. The Labute approximate surface area is 154 Å². The SMILES string of the molecule is NCCNC(=NCc1ccc(C(F)(F)F)cc1)Nc1ccc2c(c1)OCO2. The summed E-state index contributed by atoms with van der Waals surface area (Å²) in [5, 5.41) is 6.17. The molecule has 0 fully saturated rings. The van der Waals surface area contributed by atoms with E-state index in [4.69, 9.17) is 15.2 Å². The van der Waals surface area contributed by atoms with E-state index in [1.807, 2.05) is 6.07 Å². The molecule has 0 saturated heterocycles. The average molecular weight is 380 g/mol. The van der Waals surface area contributed by atoms with Gasteiger partial charge in [0.2, 0.25) is 6.79 Å². The van der Waals surface area contributed by atoms with Gasteiger partial charge in [0.25, 0.3) is 0 Å². The number of aliphatic imine (C=N–C) groups is 1. The Balaban J connectivity index is 1.70. The van der Waals surface area contributed by atoms with E-state index in [0.29, 0.717) is 36.1 Å². The van der Waals surface area contributed by atoms with Crippen molar-refractivity contribution in [1.29, 1.82) is 0 Å². The van der Waals surface area contributed by atoms with Crippen molar-refractivity contribution in [3.63, 3.8) is 0 Å². The summed E-state index contributed by atoms with van der Waals surface area (Å²) < 4.78 is 48.5. The fourth-order valence-corrected chi connectivity index (χ4v) is 2.41. The summed E-state index contributed by atoms with van der Waals surface area (Å²) in [5.74, 6) is 1.75. The van der Waals surface area contributed by atoms with Gasteiger partial charge in [-0.25, -0.2) is 4.99 Å². The Hall–Kier alpha value is -2.94. The van der Waals surface area contributed by atoms with Crippen LogP contribution in [0.25, 0.3) is 0 Å². The van der Waals surface area contributed by atoms with Gasteiger partial charge in [-0.2, -0.15) is 13.2 Å². The van der Waals surface area contributed by atoms with Crippen molar-refractivity contribution in [3.05, 3.63) is 53.6 Å². The molecule has 0 bridgehead atoms. The summed E-state index contributed by atoms with van der Waals surface area (Å²) in [6.07, 6.45) is -4.35. The second kappa shape index (κ2) is 8.17. The van der Waals surface area contributed by atoms with E-state index in [1.165, 1.54) is 12.1 Å². The zero-order valence-corrected chi connectivity index (χ0v) is 14.3. The first-order valence-electron chi connectivity index (χ1n) is 8.27. The Morgan fingerprint density at radius 2 is 1.81 bits per heavy atom. The van der Waals surface area contributed by atoms with Crippen molar-refractivity contribution in [2.75, 3.05) is 25.2 Å². The van der Waals surface area contributed by atoms with Crippen LogP contribution in [0.2, 0.25) is 0 Å². The Bertz CT molecular complexity index is 807. The summed E-state index contributed by atoms with van der Waals surface area (Å²) >= 11 is 0. The third-order valence-electron chi connectivity index (χ3n) is 3.77. The van der Waals surface area contributed by atoms with Gasteiger partial charge in [0.15, 0.2) is 17.5 Å². The number of guanidine groups is 1. The van der Waals surface area contributed by atoms with Crippen molar-refractivity contribution >= 4 is 11.6 Å². The molecule has 0 saturated carbocycles. The van der Waals surface area contributed by atoms with Crippen LogP contribution < -0.4 is 25.8 Å². The molecule has 1 aliphatic heterocycles. The van der Waals surface area contributed by atoms with Crippen molar-refractivity contribution in [3.8, 4) is 11.5 Å². The van der Waals surface area contributed by atoms with E-state index in [0.717, 1.165) is 17.8 Å². The second-order valence-corrected chi connectivity index (χ2v) is 5.77. The fourth-order valence-electron chi connectivity index (χ4n) is 2.41. The molecule has 2 aromatic rings. The van der Waals surface area contributed by atoms with Crippen molar-refractivity contribution in [2.24, 2.45) is 10.7 Å². The van der Waals surface area contributed by atoms with Gasteiger partial charge in [0.05, 0.1) is 12.1 Å². The third-order valence-corrected chi connectivity index (χ3v) is 3.77. The maximum Gasteiger partial charge on any atom is 0.416 e. The molecule has 1 aliphatic rings. The number of nitrogens with one attached hydrogen (secondary N) is 2. The number of fused-ring (bicyclic) bond motifs is 1. The number of hydrogen-bond acceptors (Lipinski definition) is 4. The molecule has 6 nitrogen and oxygen atoms in total. The van der Waals surface area contributed by atoms with E-state index in [2.05, 4.69) is 15.6 Å². The lowest BCUT2D eigenvalue weighted by Crippen LogP contribution is -2.34. The average Bonchev–Trinajstić information content (AvgIpc) is 3.11. The molecule has 2 aromatic carbocycles. The highest BCUT2D eigenvalue weighted by Gasteiger charge is 2.29. The lowest BCUT2D eigenvalue weighted by atomic mass is 10.1. The van der Waals surface area contributed by atoms with Crippen LogP contribution in [0.1, 0.15) is 11.1 Å². The summed E-state index contributed by atoms with van der Waals surface area (Å²) in [6, 6.07) is 10.3. The summed E-state index contributed by atoms with van der Waals surface area (Å²) in [6.45, 7) is 1.28. The van der Waals surface area contributed by atoms with Crippen LogP contribution in [0, 0.1) is 0 Å². The molecular weight excluding hydrogens is 361 g/mol. The molecule has 0 radical (unpaired) electrons. The molecule has 0 aromatic heterocycles. The van der Waals surface area contributed by atoms with Gasteiger partial charge in [-0.1, -0.05) is 12.1 Å². The van der Waals surface area contributed by atoms with Gasteiger partial charge in [0.1, 0.15) is 0 Å². The fraction of sp³-hybridized carbons (Fsp3) is 0.278. The lowest BCUT2D eigenvalue weighted by molar-refractivity contribution is -0.137. The summed E-state index contributed by atoms with van der Waals surface area (Å²) in [7, 11) is 0. The van der Waals surface area contributed by atoms with E-state index in [9.17, 15) is 13.2 Å². The van der Waals surface area contributed by atoms with Crippen LogP contribution >= 0.6 is 0 Å². The molecule has 4 N–H and O–H groups in total. The molecule has 144 valence electrons. The minimum absolute atomic E-state index is 0.180. The number of ether oxygens (including phenoxy) is 2. The molecule has 0 amide bonds. The number of anilines is 1. The van der Waals surface area contributed by atoms with Gasteiger partial charge in [-0.05, 0) is 29.8 Å².